The Bertz CT molecular complexity index is 631. The van der Waals surface area contributed by atoms with E-state index in [0.29, 0.717) is 18.0 Å². The van der Waals surface area contributed by atoms with E-state index in [2.05, 4.69) is 24.1 Å². The summed E-state index contributed by atoms with van der Waals surface area (Å²) in [6.07, 6.45) is 3.06. The van der Waals surface area contributed by atoms with Crippen LogP contribution in [0.25, 0.3) is 0 Å². The summed E-state index contributed by atoms with van der Waals surface area (Å²) in [6, 6.07) is 6.27. The zero-order chi connectivity index (χ0) is 16.1. The molecule has 1 unspecified atom stereocenters. The number of fused-ring (bicyclic) bond motifs is 2. The quantitative estimate of drug-likeness (QED) is 0.752. The number of aliphatic hydroxyl groups excluding tert-OH is 2. The topological polar surface area (TPSA) is 62.2 Å². The minimum Gasteiger partial charge on any atom is -0.493 e. The van der Waals surface area contributed by atoms with Gasteiger partial charge in [0.15, 0.2) is 11.5 Å². The van der Waals surface area contributed by atoms with Crippen LogP contribution < -0.4 is 9.47 Å². The van der Waals surface area contributed by atoms with Gasteiger partial charge in [0.1, 0.15) is 12.2 Å². The Kier molecular flexibility index (Phi) is 3.59. The third kappa shape index (κ3) is 2.35. The Hall–Kier alpha value is -1.56. The summed E-state index contributed by atoms with van der Waals surface area (Å²) >= 11 is 0. The highest BCUT2D eigenvalue weighted by atomic mass is 16.5. The highest BCUT2D eigenvalue weighted by molar-refractivity contribution is 5.44. The van der Waals surface area contributed by atoms with Crippen molar-refractivity contribution in [2.45, 2.75) is 30.8 Å². The van der Waals surface area contributed by atoms with Crippen molar-refractivity contribution in [3.05, 3.63) is 35.9 Å². The van der Waals surface area contributed by atoms with Gasteiger partial charge in [-0.2, -0.15) is 0 Å². The molecule has 6 bridgehead atoms. The lowest BCUT2D eigenvalue weighted by atomic mass is 9.69. The molecule has 5 nitrogen and oxygen atoms in total. The maximum Gasteiger partial charge on any atom is 0.162 e. The fourth-order valence-electron chi connectivity index (χ4n) is 4.40. The molecule has 23 heavy (non-hydrogen) atoms. The number of hydrogen-bond donors (Lipinski definition) is 2. The van der Waals surface area contributed by atoms with Gasteiger partial charge in [-0.1, -0.05) is 18.2 Å². The summed E-state index contributed by atoms with van der Waals surface area (Å²) in [7, 11) is 3.67. The summed E-state index contributed by atoms with van der Waals surface area (Å²) in [5.41, 5.74) is 1.18. The molecule has 0 amide bonds. The van der Waals surface area contributed by atoms with E-state index in [1.54, 1.807) is 7.11 Å². The molecule has 6 atom stereocenters. The second-order valence-corrected chi connectivity index (χ2v) is 6.88. The van der Waals surface area contributed by atoms with E-state index in [0.717, 1.165) is 6.42 Å². The fourth-order valence-corrected chi connectivity index (χ4v) is 4.40. The van der Waals surface area contributed by atoms with Gasteiger partial charge in [-0.15, -0.1) is 0 Å². The van der Waals surface area contributed by atoms with Gasteiger partial charge in [0.05, 0.1) is 13.2 Å². The summed E-state index contributed by atoms with van der Waals surface area (Å²) < 4.78 is 11.6. The molecule has 2 aliphatic heterocycles. The summed E-state index contributed by atoms with van der Waals surface area (Å²) in [6.45, 7) is 0.597. The van der Waals surface area contributed by atoms with E-state index in [1.165, 1.54) is 5.56 Å². The molecule has 2 N–H and O–H groups in total. The van der Waals surface area contributed by atoms with Crippen LogP contribution in [0.3, 0.4) is 0 Å². The smallest absolute Gasteiger partial charge is 0.162 e. The lowest BCUT2D eigenvalue weighted by Crippen LogP contribution is -2.61. The van der Waals surface area contributed by atoms with Gasteiger partial charge in [-0.3, -0.25) is 4.90 Å². The zero-order valence-corrected chi connectivity index (χ0v) is 13.4. The van der Waals surface area contributed by atoms with Crippen molar-refractivity contribution in [2.24, 2.45) is 11.8 Å². The highest BCUT2D eigenvalue weighted by Crippen LogP contribution is 2.42. The van der Waals surface area contributed by atoms with E-state index < -0.39 is 18.3 Å². The molecule has 1 aliphatic carbocycles. The predicted octanol–water partition coefficient (Wildman–Crippen LogP) is 0.837. The van der Waals surface area contributed by atoms with Crippen molar-refractivity contribution in [3.63, 3.8) is 0 Å². The lowest BCUT2D eigenvalue weighted by molar-refractivity contribution is -0.0999. The number of methoxy groups -OCH3 is 1. The summed E-state index contributed by atoms with van der Waals surface area (Å²) in [5, 5.41) is 21.1. The monoisotopic (exact) mass is 317 g/mol. The van der Waals surface area contributed by atoms with Gasteiger partial charge in [0, 0.05) is 24.4 Å². The lowest BCUT2D eigenvalue weighted by Gasteiger charge is -2.49. The molecule has 1 saturated heterocycles. The van der Waals surface area contributed by atoms with E-state index in [9.17, 15) is 10.2 Å². The van der Waals surface area contributed by atoms with E-state index in [-0.39, 0.29) is 17.9 Å². The molecule has 3 aliphatic rings. The first kappa shape index (κ1) is 15.0. The molecule has 5 heteroatoms. The Morgan fingerprint density at radius 1 is 1.26 bits per heavy atom. The molecule has 1 aromatic rings. The van der Waals surface area contributed by atoms with Crippen LogP contribution in [0.2, 0.25) is 0 Å². The fraction of sp³-hybridized carbons (Fsp3) is 0.556. The molecule has 0 spiro atoms. The minimum atomic E-state index is -0.721. The van der Waals surface area contributed by atoms with Gasteiger partial charge in [0.25, 0.3) is 0 Å². The Morgan fingerprint density at radius 2 is 2.09 bits per heavy atom. The molecule has 1 fully saturated rings. The van der Waals surface area contributed by atoms with Gasteiger partial charge in [-0.05, 0) is 31.2 Å². The van der Waals surface area contributed by atoms with Crippen LogP contribution in [0.5, 0.6) is 11.5 Å². The summed E-state index contributed by atoms with van der Waals surface area (Å²) in [5.74, 6) is 1.35. The Morgan fingerprint density at radius 3 is 2.87 bits per heavy atom. The second-order valence-electron chi connectivity index (χ2n) is 6.88. The van der Waals surface area contributed by atoms with E-state index >= 15 is 0 Å². The molecule has 0 saturated carbocycles. The molecule has 0 aromatic heterocycles. The van der Waals surface area contributed by atoms with Crippen LogP contribution in [0.4, 0.5) is 0 Å². The van der Waals surface area contributed by atoms with Crippen molar-refractivity contribution >= 4 is 0 Å². The van der Waals surface area contributed by atoms with Crippen LogP contribution >= 0.6 is 0 Å². The minimum absolute atomic E-state index is 0.116. The number of likely N-dealkylation sites (tertiary alicyclic amines) is 1. The zero-order valence-electron chi connectivity index (χ0n) is 13.4. The number of β-amino-alcohol motifs (C(OH)–C–C–N with tert-alkyl or cyclic N) is 1. The van der Waals surface area contributed by atoms with Crippen LogP contribution in [0, 0.1) is 11.8 Å². The van der Waals surface area contributed by atoms with Gasteiger partial charge in [0.2, 0.25) is 0 Å². The van der Waals surface area contributed by atoms with Crippen molar-refractivity contribution in [3.8, 4) is 11.5 Å². The number of piperidine rings is 1. The number of ether oxygens (including phenoxy) is 2. The van der Waals surface area contributed by atoms with Crippen molar-refractivity contribution in [1.29, 1.82) is 0 Å². The number of hydrogen-bond acceptors (Lipinski definition) is 5. The van der Waals surface area contributed by atoms with Crippen LogP contribution in [-0.4, -0.2) is 60.2 Å². The molecule has 4 rings (SSSR count). The van der Waals surface area contributed by atoms with E-state index in [4.69, 9.17) is 9.47 Å². The van der Waals surface area contributed by atoms with Crippen LogP contribution in [-0.2, 0) is 6.42 Å². The standard InChI is InChI=1S/C18H23NO4/c1-19-9-14(21)17-11-4-5-13(20)18(17)23-16-8-10(7-12(11)19)3-6-15(16)22-2/h3-6,8,11-14,17-18,20-21H,7,9H2,1-2H3/t11-,12+,13-,14?,17-,18-/m0/s1. The van der Waals surface area contributed by atoms with E-state index in [1.807, 2.05) is 18.2 Å². The van der Waals surface area contributed by atoms with Crippen molar-refractivity contribution in [1.82, 2.24) is 4.90 Å². The SMILES string of the molecule is COc1ccc2cc1O[C@@H]1[C@@H]3C(O)CN(C)[C@H](C2)[C@@H]3C=C[C@@H]1O. The Balaban J connectivity index is 1.85. The highest BCUT2D eigenvalue weighted by Gasteiger charge is 2.49. The number of nitrogens with zero attached hydrogens (tertiary/aromatic N) is 1. The maximum atomic E-state index is 10.6. The van der Waals surface area contributed by atoms with Crippen molar-refractivity contribution < 1.29 is 19.7 Å². The number of likely N-dealkylation sites (N-methyl/N-ethyl adjacent to an activating group) is 1. The average molecular weight is 317 g/mol. The predicted molar refractivity (Wildman–Crippen MR) is 85.7 cm³/mol. The maximum absolute atomic E-state index is 10.6. The molecule has 2 heterocycles. The van der Waals surface area contributed by atoms with Crippen molar-refractivity contribution in [2.75, 3.05) is 20.7 Å². The summed E-state index contributed by atoms with van der Waals surface area (Å²) in [4.78, 5) is 2.22. The number of aliphatic hydroxyl groups is 2. The largest absolute Gasteiger partial charge is 0.493 e. The molecule has 0 radical (unpaired) electrons. The number of rotatable bonds is 1. The van der Waals surface area contributed by atoms with Crippen LogP contribution in [0.15, 0.2) is 30.4 Å². The van der Waals surface area contributed by atoms with Crippen LogP contribution in [0.1, 0.15) is 5.56 Å². The molecule has 1 aromatic carbocycles. The molecular weight excluding hydrogens is 294 g/mol. The van der Waals surface area contributed by atoms with Gasteiger partial charge in [-0.25, -0.2) is 0 Å². The average Bonchev–Trinajstić information content (AvgIpc) is 2.55. The second kappa shape index (κ2) is 5.51. The first-order valence-corrected chi connectivity index (χ1v) is 8.16. The third-order valence-electron chi connectivity index (χ3n) is 5.56. The third-order valence-corrected chi connectivity index (χ3v) is 5.56. The van der Waals surface area contributed by atoms with Gasteiger partial charge >= 0.3 is 0 Å². The number of benzene rings is 1. The first-order valence-electron chi connectivity index (χ1n) is 8.16. The normalized spacial score (nSPS) is 39.0. The Labute approximate surface area is 136 Å². The van der Waals surface area contributed by atoms with Gasteiger partial charge < -0.3 is 19.7 Å². The molecule has 124 valence electrons. The molecular formula is C18H23NO4. The first-order chi connectivity index (χ1) is 11.1.